The number of thiazole rings is 1. The molecule has 6 rings (SSSR count). The fraction of sp³-hybridized carbons (Fsp3) is 0.280. The first-order chi connectivity index (χ1) is 16.2. The molecule has 1 amide bonds. The standard InChI is InChI=1S/C25H24N4O3S/c30-24(28-25-27-20(15-33-25)18-13-26-19-5-2-1-4-17(18)19)14-29-9-3-6-21(29)16-7-8-22-23(12-16)32-11-10-31-22/h1-2,4-5,7-8,12-13,15,21,26H,3,6,9-11,14H2,(H,27,28,30)/t21-/m0/s1. The molecule has 2 aromatic heterocycles. The summed E-state index contributed by atoms with van der Waals surface area (Å²) in [7, 11) is 0. The molecule has 2 aromatic carbocycles. The number of para-hydroxylation sites is 1. The van der Waals surface area contributed by atoms with Crippen LogP contribution in [-0.2, 0) is 4.79 Å². The van der Waals surface area contributed by atoms with Crippen LogP contribution < -0.4 is 14.8 Å². The number of aromatic amines is 1. The van der Waals surface area contributed by atoms with Gasteiger partial charge in [0, 0.05) is 34.1 Å². The lowest BCUT2D eigenvalue weighted by Gasteiger charge is -2.26. The Bertz CT molecular complexity index is 1310. The highest BCUT2D eigenvalue weighted by Crippen LogP contribution is 2.38. The minimum Gasteiger partial charge on any atom is -0.486 e. The average Bonchev–Trinajstić information content (AvgIpc) is 3.58. The van der Waals surface area contributed by atoms with Crippen molar-refractivity contribution in [3.63, 3.8) is 0 Å². The molecule has 1 atom stereocenters. The van der Waals surface area contributed by atoms with Crippen molar-refractivity contribution in [1.82, 2.24) is 14.9 Å². The minimum absolute atomic E-state index is 0.0423. The van der Waals surface area contributed by atoms with Gasteiger partial charge in [0.1, 0.15) is 13.2 Å². The lowest BCUT2D eigenvalue weighted by molar-refractivity contribution is -0.117. The van der Waals surface area contributed by atoms with Gasteiger partial charge in [-0.1, -0.05) is 24.3 Å². The summed E-state index contributed by atoms with van der Waals surface area (Å²) in [5.74, 6) is 1.55. The van der Waals surface area contributed by atoms with E-state index < -0.39 is 0 Å². The number of benzene rings is 2. The van der Waals surface area contributed by atoms with E-state index in [1.54, 1.807) is 0 Å². The molecule has 7 nitrogen and oxygen atoms in total. The van der Waals surface area contributed by atoms with Gasteiger partial charge in [0.25, 0.3) is 0 Å². The van der Waals surface area contributed by atoms with Crippen LogP contribution in [0.15, 0.2) is 54.0 Å². The molecule has 4 aromatic rings. The van der Waals surface area contributed by atoms with Gasteiger partial charge in [-0.2, -0.15) is 0 Å². The highest BCUT2D eigenvalue weighted by atomic mass is 32.1. The first-order valence-electron chi connectivity index (χ1n) is 11.2. The highest BCUT2D eigenvalue weighted by molar-refractivity contribution is 7.14. The Morgan fingerprint density at radius 1 is 1.18 bits per heavy atom. The van der Waals surface area contributed by atoms with Crippen LogP contribution in [0, 0.1) is 0 Å². The van der Waals surface area contributed by atoms with Crippen molar-refractivity contribution < 1.29 is 14.3 Å². The Hall–Kier alpha value is -3.36. The molecule has 4 heterocycles. The first-order valence-corrected chi connectivity index (χ1v) is 12.1. The zero-order chi connectivity index (χ0) is 22.2. The van der Waals surface area contributed by atoms with Gasteiger partial charge >= 0.3 is 0 Å². The van der Waals surface area contributed by atoms with Gasteiger partial charge in [-0.3, -0.25) is 9.69 Å². The Morgan fingerprint density at radius 2 is 2.06 bits per heavy atom. The number of fused-ring (bicyclic) bond motifs is 2. The lowest BCUT2D eigenvalue weighted by atomic mass is 10.0. The molecule has 0 saturated carbocycles. The van der Waals surface area contributed by atoms with Crippen molar-refractivity contribution in [3.8, 4) is 22.8 Å². The third-order valence-corrected chi connectivity index (χ3v) is 7.03. The summed E-state index contributed by atoms with van der Waals surface area (Å²) in [6.07, 6.45) is 4.05. The fourth-order valence-electron chi connectivity index (χ4n) is 4.74. The predicted molar refractivity (Wildman–Crippen MR) is 129 cm³/mol. The van der Waals surface area contributed by atoms with Crippen LogP contribution in [0.3, 0.4) is 0 Å². The van der Waals surface area contributed by atoms with E-state index in [2.05, 4.69) is 38.4 Å². The first kappa shape index (κ1) is 20.3. The number of hydrogen-bond donors (Lipinski definition) is 2. The Kier molecular flexibility index (Phi) is 5.24. The number of amides is 1. The minimum atomic E-state index is -0.0423. The number of carbonyl (C=O) groups is 1. The molecule has 1 fully saturated rings. The van der Waals surface area contributed by atoms with E-state index in [4.69, 9.17) is 9.47 Å². The maximum absolute atomic E-state index is 12.8. The van der Waals surface area contributed by atoms with Crippen molar-refractivity contribution in [2.75, 3.05) is 31.6 Å². The van der Waals surface area contributed by atoms with E-state index in [0.717, 1.165) is 53.0 Å². The number of ether oxygens (including phenoxy) is 2. The van der Waals surface area contributed by atoms with Gasteiger partial charge in [-0.05, 0) is 43.1 Å². The van der Waals surface area contributed by atoms with Gasteiger partial charge in [0.2, 0.25) is 5.91 Å². The zero-order valence-corrected chi connectivity index (χ0v) is 18.9. The third-order valence-electron chi connectivity index (χ3n) is 6.28. The smallest absolute Gasteiger partial charge is 0.240 e. The van der Waals surface area contributed by atoms with Gasteiger partial charge < -0.3 is 19.8 Å². The Balaban J connectivity index is 1.14. The van der Waals surface area contributed by atoms with Crippen molar-refractivity contribution in [3.05, 3.63) is 59.6 Å². The number of hydrogen-bond acceptors (Lipinski definition) is 6. The monoisotopic (exact) mass is 460 g/mol. The second kappa shape index (κ2) is 8.53. The molecule has 33 heavy (non-hydrogen) atoms. The maximum Gasteiger partial charge on any atom is 0.240 e. The van der Waals surface area contributed by atoms with E-state index in [1.807, 2.05) is 35.8 Å². The molecule has 2 aliphatic rings. The van der Waals surface area contributed by atoms with Crippen molar-refractivity contribution in [2.45, 2.75) is 18.9 Å². The number of H-pyrrole nitrogens is 1. The summed E-state index contributed by atoms with van der Waals surface area (Å²) in [6, 6.07) is 14.5. The quantitative estimate of drug-likeness (QED) is 0.446. The number of nitrogens with zero attached hydrogens (tertiary/aromatic N) is 2. The van der Waals surface area contributed by atoms with Crippen LogP contribution >= 0.6 is 11.3 Å². The summed E-state index contributed by atoms with van der Waals surface area (Å²) >= 11 is 1.45. The number of aromatic nitrogens is 2. The van der Waals surface area contributed by atoms with Gasteiger partial charge in [0.15, 0.2) is 16.6 Å². The molecule has 8 heteroatoms. The number of rotatable bonds is 5. The highest BCUT2D eigenvalue weighted by Gasteiger charge is 2.29. The van der Waals surface area contributed by atoms with Crippen LogP contribution in [0.2, 0.25) is 0 Å². The van der Waals surface area contributed by atoms with Gasteiger partial charge in [-0.15, -0.1) is 11.3 Å². The number of nitrogens with one attached hydrogen (secondary N) is 2. The molecule has 168 valence electrons. The summed E-state index contributed by atoms with van der Waals surface area (Å²) in [6.45, 7) is 2.38. The van der Waals surface area contributed by atoms with Crippen LogP contribution in [0.25, 0.3) is 22.2 Å². The average molecular weight is 461 g/mol. The van der Waals surface area contributed by atoms with Crippen molar-refractivity contribution >= 4 is 33.3 Å². The van der Waals surface area contributed by atoms with Crippen LogP contribution in [0.4, 0.5) is 5.13 Å². The SMILES string of the molecule is O=C(CN1CCC[C@H]1c1ccc2c(c1)OCCO2)Nc1nc(-c2c[nH]c3ccccc23)cs1. The number of likely N-dealkylation sites (tertiary alicyclic amines) is 1. The maximum atomic E-state index is 12.8. The topological polar surface area (TPSA) is 79.5 Å². The van der Waals surface area contributed by atoms with E-state index in [0.29, 0.717) is 24.9 Å². The molecule has 1 saturated heterocycles. The molecule has 0 radical (unpaired) electrons. The summed E-state index contributed by atoms with van der Waals surface area (Å²) in [4.78, 5) is 23.0. The Labute approximate surface area is 195 Å². The lowest BCUT2D eigenvalue weighted by Crippen LogP contribution is -2.33. The van der Waals surface area contributed by atoms with Crippen molar-refractivity contribution in [2.24, 2.45) is 0 Å². The zero-order valence-electron chi connectivity index (χ0n) is 18.0. The molecule has 0 spiro atoms. The second-order valence-corrected chi connectivity index (χ2v) is 9.22. The van der Waals surface area contributed by atoms with Crippen molar-refractivity contribution in [1.29, 1.82) is 0 Å². The second-order valence-electron chi connectivity index (χ2n) is 8.37. The van der Waals surface area contributed by atoms with E-state index in [1.165, 1.54) is 16.9 Å². The van der Waals surface area contributed by atoms with Crippen LogP contribution in [0.1, 0.15) is 24.4 Å². The number of carbonyl (C=O) groups excluding carboxylic acids is 1. The molecule has 0 bridgehead atoms. The summed E-state index contributed by atoms with van der Waals surface area (Å²) in [5.41, 5.74) is 4.15. The van der Waals surface area contributed by atoms with E-state index in [-0.39, 0.29) is 11.9 Å². The normalized spacial score (nSPS) is 18.0. The molecular weight excluding hydrogens is 436 g/mol. The van der Waals surface area contributed by atoms with Gasteiger partial charge in [-0.25, -0.2) is 4.98 Å². The molecule has 0 aliphatic carbocycles. The Morgan fingerprint density at radius 3 is 3.00 bits per heavy atom. The predicted octanol–water partition coefficient (Wildman–Crippen LogP) is 4.84. The third kappa shape index (κ3) is 3.96. The molecule has 0 unspecified atom stereocenters. The van der Waals surface area contributed by atoms with Crippen LogP contribution in [0.5, 0.6) is 11.5 Å². The van der Waals surface area contributed by atoms with Crippen LogP contribution in [-0.4, -0.2) is 47.1 Å². The largest absolute Gasteiger partial charge is 0.486 e. The summed E-state index contributed by atoms with van der Waals surface area (Å²) < 4.78 is 11.4. The van der Waals surface area contributed by atoms with Gasteiger partial charge in [0.05, 0.1) is 12.2 Å². The van der Waals surface area contributed by atoms with E-state index >= 15 is 0 Å². The van der Waals surface area contributed by atoms with E-state index in [9.17, 15) is 4.79 Å². The molecular formula is C25H24N4O3S. The fourth-order valence-corrected chi connectivity index (χ4v) is 5.47. The molecule has 2 aliphatic heterocycles. The number of anilines is 1. The molecule has 2 N–H and O–H groups in total. The summed E-state index contributed by atoms with van der Waals surface area (Å²) in [5, 5.41) is 6.72.